The fraction of sp³-hybridized carbons (Fsp3) is 0.500. The van der Waals surface area contributed by atoms with Crippen molar-refractivity contribution in [3.63, 3.8) is 0 Å². The fourth-order valence-corrected chi connectivity index (χ4v) is 3.95. The molecule has 0 aromatic heterocycles. The van der Waals surface area contributed by atoms with E-state index < -0.39 is 12.8 Å². The first-order chi connectivity index (χ1) is 14.6. The summed E-state index contributed by atoms with van der Waals surface area (Å²) in [5.74, 6) is 0.286. The summed E-state index contributed by atoms with van der Waals surface area (Å²) in [7, 11) is 0. The van der Waals surface area contributed by atoms with Gasteiger partial charge in [0.1, 0.15) is 5.75 Å². The van der Waals surface area contributed by atoms with Crippen LogP contribution in [0, 0.1) is 0 Å². The zero-order chi connectivity index (χ0) is 22.5. The second-order valence-corrected chi connectivity index (χ2v) is 9.01. The molecule has 2 aromatic rings. The van der Waals surface area contributed by atoms with E-state index in [1.54, 1.807) is 12.1 Å². The average Bonchev–Trinajstić information content (AvgIpc) is 2.71. The van der Waals surface area contributed by atoms with Gasteiger partial charge in [-0.2, -0.15) is 13.2 Å². The molecule has 2 atom stereocenters. The van der Waals surface area contributed by atoms with Crippen molar-refractivity contribution in [2.75, 3.05) is 18.5 Å². The van der Waals surface area contributed by atoms with Gasteiger partial charge < -0.3 is 15.4 Å². The number of hydrogen-bond donors (Lipinski definition) is 3. The Balaban J connectivity index is 1.77. The third-order valence-electron chi connectivity index (χ3n) is 5.43. The Kier molecular flexibility index (Phi) is 7.49. The van der Waals surface area contributed by atoms with Gasteiger partial charge in [-0.25, -0.2) is 0 Å². The molecule has 0 spiro atoms. The van der Waals surface area contributed by atoms with Crippen molar-refractivity contribution in [2.24, 2.45) is 0 Å². The first kappa shape index (κ1) is 23.4. The van der Waals surface area contributed by atoms with Gasteiger partial charge in [-0.15, -0.1) is 0 Å². The molecule has 7 heteroatoms. The second-order valence-electron chi connectivity index (χ2n) is 9.01. The average molecular weight is 436 g/mol. The molecule has 1 fully saturated rings. The molecule has 170 valence electrons. The van der Waals surface area contributed by atoms with E-state index in [2.05, 4.69) is 36.7 Å². The Labute approximate surface area is 182 Å². The lowest BCUT2D eigenvalue weighted by Gasteiger charge is -2.35. The zero-order valence-corrected chi connectivity index (χ0v) is 18.4. The largest absolute Gasteiger partial charge is 0.484 e. The van der Waals surface area contributed by atoms with Gasteiger partial charge in [0.05, 0.1) is 6.17 Å². The maximum atomic E-state index is 12.8. The maximum absolute atomic E-state index is 12.8. The molecule has 1 aliphatic rings. The van der Waals surface area contributed by atoms with E-state index in [-0.39, 0.29) is 23.4 Å². The number of hydrogen-bond acceptors (Lipinski definition) is 4. The number of ether oxygens (including phenoxy) is 1. The quantitative estimate of drug-likeness (QED) is 0.559. The number of rotatable bonds is 7. The summed E-state index contributed by atoms with van der Waals surface area (Å²) in [6.45, 7) is 6.22. The number of piperidine rings is 1. The molecule has 0 unspecified atom stereocenters. The van der Waals surface area contributed by atoms with Gasteiger partial charge in [-0.1, -0.05) is 51.1 Å². The lowest BCUT2D eigenvalue weighted by molar-refractivity contribution is -0.153. The molecule has 1 saturated heterocycles. The van der Waals surface area contributed by atoms with E-state index in [0.29, 0.717) is 6.54 Å². The first-order valence-corrected chi connectivity index (χ1v) is 10.7. The number of halogens is 3. The molecule has 31 heavy (non-hydrogen) atoms. The van der Waals surface area contributed by atoms with Gasteiger partial charge >= 0.3 is 6.18 Å². The molecular formula is C24H32F3N3O. The summed E-state index contributed by atoms with van der Waals surface area (Å²) in [5, 5.41) is 10.6. The maximum Gasteiger partial charge on any atom is 0.422 e. The highest BCUT2D eigenvalue weighted by atomic mass is 19.4. The highest BCUT2D eigenvalue weighted by Crippen LogP contribution is 2.33. The molecular weight excluding hydrogens is 403 g/mol. The van der Waals surface area contributed by atoms with Crippen LogP contribution in [-0.2, 0) is 12.0 Å². The molecule has 4 nitrogen and oxygen atoms in total. The van der Waals surface area contributed by atoms with Crippen molar-refractivity contribution < 1.29 is 17.9 Å². The van der Waals surface area contributed by atoms with Crippen LogP contribution in [0.25, 0.3) is 0 Å². The Morgan fingerprint density at radius 3 is 2.45 bits per heavy atom. The first-order valence-electron chi connectivity index (χ1n) is 10.7. The van der Waals surface area contributed by atoms with E-state index in [1.165, 1.54) is 0 Å². The van der Waals surface area contributed by atoms with Crippen molar-refractivity contribution in [2.45, 2.75) is 64.0 Å². The lowest BCUT2D eigenvalue weighted by Crippen LogP contribution is -2.55. The Bertz CT molecular complexity index is 834. The molecule has 0 amide bonds. The van der Waals surface area contributed by atoms with E-state index in [0.717, 1.165) is 36.2 Å². The van der Waals surface area contributed by atoms with E-state index in [4.69, 9.17) is 4.74 Å². The molecule has 1 aliphatic heterocycles. The lowest BCUT2D eigenvalue weighted by atomic mass is 9.83. The van der Waals surface area contributed by atoms with Gasteiger partial charge in [-0.05, 0) is 48.6 Å². The number of benzene rings is 2. The number of para-hydroxylation sites is 1. The summed E-state index contributed by atoms with van der Waals surface area (Å²) in [4.78, 5) is 0. The molecule has 3 rings (SSSR count). The van der Waals surface area contributed by atoms with Crippen LogP contribution >= 0.6 is 0 Å². The van der Waals surface area contributed by atoms with E-state index in [9.17, 15) is 13.2 Å². The predicted molar refractivity (Wildman–Crippen MR) is 118 cm³/mol. The highest BCUT2D eigenvalue weighted by molar-refractivity contribution is 5.45. The molecule has 2 aromatic carbocycles. The summed E-state index contributed by atoms with van der Waals surface area (Å²) < 4.78 is 43.6. The minimum atomic E-state index is -4.37. The van der Waals surface area contributed by atoms with Crippen molar-refractivity contribution in [1.29, 1.82) is 0 Å². The van der Waals surface area contributed by atoms with Crippen LogP contribution in [0.4, 0.5) is 18.9 Å². The third kappa shape index (κ3) is 6.87. The molecule has 0 aliphatic carbocycles. The van der Waals surface area contributed by atoms with Crippen LogP contribution in [0.2, 0.25) is 0 Å². The van der Waals surface area contributed by atoms with Crippen LogP contribution in [0.5, 0.6) is 5.75 Å². The van der Waals surface area contributed by atoms with Gasteiger partial charge in [0.25, 0.3) is 0 Å². The highest BCUT2D eigenvalue weighted by Gasteiger charge is 2.30. The number of anilines is 1. The van der Waals surface area contributed by atoms with E-state index >= 15 is 0 Å². The Morgan fingerprint density at radius 1 is 1.03 bits per heavy atom. The molecule has 0 radical (unpaired) electrons. The summed E-state index contributed by atoms with van der Waals surface area (Å²) in [6, 6.07) is 15.5. The molecule has 0 saturated carbocycles. The van der Waals surface area contributed by atoms with Gasteiger partial charge in [0.2, 0.25) is 0 Å². The van der Waals surface area contributed by atoms with E-state index in [1.807, 2.05) is 36.4 Å². The molecule has 1 heterocycles. The van der Waals surface area contributed by atoms with Crippen LogP contribution in [-0.4, -0.2) is 31.5 Å². The monoisotopic (exact) mass is 435 g/mol. The van der Waals surface area contributed by atoms with Crippen molar-refractivity contribution in [1.82, 2.24) is 10.6 Å². The molecule has 0 bridgehead atoms. The Morgan fingerprint density at radius 2 is 1.77 bits per heavy atom. The second kappa shape index (κ2) is 9.92. The summed E-state index contributed by atoms with van der Waals surface area (Å²) in [5.41, 5.74) is 2.57. The molecule has 3 N–H and O–H groups in total. The number of alkyl halides is 3. The zero-order valence-electron chi connectivity index (χ0n) is 18.4. The van der Waals surface area contributed by atoms with Gasteiger partial charge in [0.15, 0.2) is 6.61 Å². The van der Waals surface area contributed by atoms with Crippen LogP contribution in [0.15, 0.2) is 48.5 Å². The van der Waals surface area contributed by atoms with Gasteiger partial charge in [0, 0.05) is 23.8 Å². The third-order valence-corrected chi connectivity index (χ3v) is 5.43. The smallest absolute Gasteiger partial charge is 0.422 e. The SMILES string of the molecule is CC(C)(C)c1cccc(OCC(F)(F)F)c1CN[C@H]1CCCN[C@H]1Nc1ccccc1. The van der Waals surface area contributed by atoms with Crippen LogP contribution in [0.3, 0.4) is 0 Å². The minimum Gasteiger partial charge on any atom is -0.484 e. The summed E-state index contributed by atoms with van der Waals surface area (Å²) in [6.07, 6.45) is -2.35. The minimum absolute atomic E-state index is 0.0255. The van der Waals surface area contributed by atoms with Crippen molar-refractivity contribution in [3.8, 4) is 5.75 Å². The predicted octanol–water partition coefficient (Wildman–Crippen LogP) is 5.21. The standard InChI is InChI=1S/C24H32F3N3O/c1-23(2,3)19-11-7-13-21(31-16-24(25,26)27)18(19)15-29-20-12-8-14-28-22(20)30-17-9-5-4-6-10-17/h4-7,9-11,13,20,22,28-30H,8,12,14-16H2,1-3H3/t20-,22-/m0/s1. The fourth-order valence-electron chi connectivity index (χ4n) is 3.95. The van der Waals surface area contributed by atoms with Crippen LogP contribution < -0.4 is 20.7 Å². The normalized spacial score (nSPS) is 19.8. The van der Waals surface area contributed by atoms with Crippen molar-refractivity contribution in [3.05, 3.63) is 59.7 Å². The van der Waals surface area contributed by atoms with Gasteiger partial charge in [-0.3, -0.25) is 5.32 Å². The van der Waals surface area contributed by atoms with Crippen molar-refractivity contribution >= 4 is 5.69 Å². The number of nitrogens with one attached hydrogen (secondary N) is 3. The van der Waals surface area contributed by atoms with Crippen LogP contribution in [0.1, 0.15) is 44.7 Å². The summed E-state index contributed by atoms with van der Waals surface area (Å²) >= 11 is 0. The Hall–Kier alpha value is -2.25. The topological polar surface area (TPSA) is 45.3 Å².